The number of benzene rings is 1. The number of esters is 1. The van der Waals surface area contributed by atoms with E-state index < -0.39 is 26.3 Å². The Kier molecular flexibility index (Phi) is 18.0. The Hall–Kier alpha value is -3.57. The van der Waals surface area contributed by atoms with Crippen molar-refractivity contribution in [2.45, 2.75) is 164 Å². The lowest BCUT2D eigenvalue weighted by Gasteiger charge is -2.35. The van der Waals surface area contributed by atoms with E-state index in [2.05, 4.69) is 26.6 Å². The highest BCUT2D eigenvalue weighted by Crippen LogP contribution is 2.36. The Bertz CT molecular complexity index is 1920. The van der Waals surface area contributed by atoms with Crippen LogP contribution in [-0.4, -0.2) is 45.8 Å². The van der Waals surface area contributed by atoms with Crippen LogP contribution in [0.4, 0.5) is 0 Å². The molecule has 0 fully saturated rings. The van der Waals surface area contributed by atoms with Crippen LogP contribution >= 0.6 is 0 Å². The van der Waals surface area contributed by atoms with Crippen molar-refractivity contribution in [3.8, 4) is 0 Å². The molecule has 0 unspecified atom stereocenters. The minimum Gasteiger partial charge on any atom is -0.465 e. The highest BCUT2D eigenvalue weighted by molar-refractivity contribution is 6.76. The molecule has 10 heteroatoms. The predicted octanol–water partition coefficient (Wildman–Crippen LogP) is 10.6. The summed E-state index contributed by atoms with van der Waals surface area (Å²) in [7, 11) is -1.22. The second-order valence-corrected chi connectivity index (χ2v) is 22.7. The van der Waals surface area contributed by atoms with Gasteiger partial charge in [0.2, 0.25) is 0 Å². The molecule has 0 aliphatic carbocycles. The molecule has 9 nitrogen and oxygen atoms in total. The van der Waals surface area contributed by atoms with Gasteiger partial charge in [-0.3, -0.25) is 14.4 Å². The predicted molar refractivity (Wildman–Crippen MR) is 231 cm³/mol. The Labute approximate surface area is 342 Å². The number of ether oxygens (including phenoxy) is 4. The molecule has 316 valence electrons. The van der Waals surface area contributed by atoms with E-state index in [1.807, 2.05) is 84.9 Å². The lowest BCUT2D eigenvalue weighted by Crippen LogP contribution is -2.39. The first-order chi connectivity index (χ1) is 26.7. The van der Waals surface area contributed by atoms with Crippen LogP contribution in [0.1, 0.15) is 130 Å². The van der Waals surface area contributed by atoms with Crippen LogP contribution in [0.3, 0.4) is 0 Å². The number of rotatable bonds is 21. The summed E-state index contributed by atoms with van der Waals surface area (Å²) >= 11 is 0. The Morgan fingerprint density at radius 2 is 1.37 bits per heavy atom. The van der Waals surface area contributed by atoms with E-state index in [1.165, 1.54) is 6.92 Å². The van der Waals surface area contributed by atoms with Crippen molar-refractivity contribution < 1.29 is 32.6 Å². The van der Waals surface area contributed by atoms with Crippen LogP contribution in [0.5, 0.6) is 0 Å². The lowest BCUT2D eigenvalue weighted by molar-refractivity contribution is -0.150. The Morgan fingerprint density at radius 3 is 1.93 bits per heavy atom. The number of aryl methyl sites for hydroxylation is 1. The standard InChI is InChI=1S/C47H70O9Si/c1-16-39(53-27-51-23-24-57(13,14)15)31(6)46-34(9)42(50)32(7)43(56-46)28(3)25-29(4)44(54-37(12)48)35(10)45(52-26-38-21-19-18-20-22-38)36(11)47-33(8)41(49)30(5)40(17-2)55-47/h18-22,25,28,31,35-36,39,44-45H,16-17,23-24,26-27H2,1-15H3/b29-25+/t28-,31-,35+,36-,39+,44+,45-/m1/s1. The van der Waals surface area contributed by atoms with Crippen molar-refractivity contribution in [1.29, 1.82) is 0 Å². The molecule has 0 spiro atoms. The van der Waals surface area contributed by atoms with Gasteiger partial charge in [0, 0.05) is 74.0 Å². The molecule has 57 heavy (non-hydrogen) atoms. The van der Waals surface area contributed by atoms with E-state index in [1.54, 1.807) is 20.8 Å². The number of carbonyl (C=O) groups is 1. The van der Waals surface area contributed by atoms with Crippen LogP contribution in [0.2, 0.25) is 25.7 Å². The van der Waals surface area contributed by atoms with Crippen molar-refractivity contribution in [2.75, 3.05) is 13.4 Å². The fourth-order valence-electron chi connectivity index (χ4n) is 7.78. The molecule has 2 heterocycles. The Morgan fingerprint density at radius 1 is 0.789 bits per heavy atom. The molecule has 7 atom stereocenters. The van der Waals surface area contributed by atoms with E-state index in [9.17, 15) is 14.4 Å². The topological polar surface area (TPSA) is 114 Å². The number of hydrogen-bond acceptors (Lipinski definition) is 9. The second kappa shape index (κ2) is 21.4. The van der Waals surface area contributed by atoms with Crippen LogP contribution in [0, 0.1) is 33.6 Å². The molecule has 0 aliphatic rings. The third kappa shape index (κ3) is 12.7. The summed E-state index contributed by atoms with van der Waals surface area (Å²) < 4.78 is 38.0. The summed E-state index contributed by atoms with van der Waals surface area (Å²) in [5.74, 6) is 0.638. The lowest BCUT2D eigenvalue weighted by atomic mass is 9.83. The summed E-state index contributed by atoms with van der Waals surface area (Å²) in [4.78, 5) is 39.9. The first-order valence-corrected chi connectivity index (χ1v) is 24.4. The molecule has 3 aromatic rings. The highest BCUT2D eigenvalue weighted by atomic mass is 28.3. The maximum absolute atomic E-state index is 13.7. The molecule has 0 amide bonds. The third-order valence-corrected chi connectivity index (χ3v) is 13.0. The first-order valence-electron chi connectivity index (χ1n) is 20.7. The van der Waals surface area contributed by atoms with Crippen LogP contribution in [-0.2, 0) is 36.8 Å². The van der Waals surface area contributed by atoms with Gasteiger partial charge in [0.05, 0.1) is 18.8 Å². The van der Waals surface area contributed by atoms with Gasteiger partial charge in [-0.2, -0.15) is 0 Å². The average molecular weight is 807 g/mol. The quantitative estimate of drug-likeness (QED) is 0.0341. The van der Waals surface area contributed by atoms with Gasteiger partial charge >= 0.3 is 5.97 Å². The average Bonchev–Trinajstić information content (AvgIpc) is 3.16. The van der Waals surface area contributed by atoms with Gasteiger partial charge in [-0.15, -0.1) is 0 Å². The number of carbonyl (C=O) groups excluding carboxylic acids is 1. The van der Waals surface area contributed by atoms with E-state index >= 15 is 0 Å². The molecular weight excluding hydrogens is 737 g/mol. The van der Waals surface area contributed by atoms with Crippen LogP contribution < -0.4 is 10.9 Å². The van der Waals surface area contributed by atoms with Crippen molar-refractivity contribution in [3.05, 3.63) is 113 Å². The van der Waals surface area contributed by atoms with E-state index in [0.29, 0.717) is 64.9 Å². The van der Waals surface area contributed by atoms with Crippen LogP contribution in [0.15, 0.2) is 60.4 Å². The minimum atomic E-state index is -1.22. The van der Waals surface area contributed by atoms with Gasteiger partial charge in [-0.25, -0.2) is 0 Å². The molecule has 0 saturated heterocycles. The molecular formula is C47H70O9Si. The summed E-state index contributed by atoms with van der Waals surface area (Å²) in [6.45, 7) is 30.7. The monoisotopic (exact) mass is 806 g/mol. The summed E-state index contributed by atoms with van der Waals surface area (Å²) in [6.07, 6.45) is 1.87. The fraction of sp³-hybridized carbons (Fsp3) is 0.596. The SMILES string of the molecule is CCc1oc([C@H](C)[C@H](OCc2ccccc2)[C@@H](C)[C@@H](OC(C)=O)/C(C)=C/[C@@H](C)c2oc([C@H](C)[C@H](CC)OCOCC[Si](C)(C)C)c(C)c(=O)c2C)c(C)c(=O)c1C. The molecule has 3 rings (SSSR count). The van der Waals surface area contributed by atoms with Gasteiger partial charge < -0.3 is 27.8 Å². The van der Waals surface area contributed by atoms with E-state index in [0.717, 1.165) is 23.6 Å². The highest BCUT2D eigenvalue weighted by Gasteiger charge is 2.37. The summed E-state index contributed by atoms with van der Waals surface area (Å²) in [5.41, 5.74) is 3.93. The fourth-order valence-corrected chi connectivity index (χ4v) is 8.54. The largest absolute Gasteiger partial charge is 0.465 e. The van der Waals surface area contributed by atoms with Gasteiger partial charge in [0.1, 0.15) is 35.9 Å². The van der Waals surface area contributed by atoms with Crippen molar-refractivity contribution in [3.63, 3.8) is 0 Å². The molecule has 0 bridgehead atoms. The Balaban J connectivity index is 2.03. The molecule has 2 aromatic heterocycles. The molecule has 0 radical (unpaired) electrons. The smallest absolute Gasteiger partial charge is 0.303 e. The minimum absolute atomic E-state index is 0.0397. The van der Waals surface area contributed by atoms with Crippen molar-refractivity contribution >= 4 is 14.0 Å². The normalized spacial score (nSPS) is 16.1. The zero-order valence-electron chi connectivity index (χ0n) is 37.4. The van der Waals surface area contributed by atoms with Crippen LogP contribution in [0.25, 0.3) is 0 Å². The van der Waals surface area contributed by atoms with E-state index in [4.69, 9.17) is 27.8 Å². The molecule has 0 aliphatic heterocycles. The molecule has 1 aromatic carbocycles. The first kappa shape index (κ1) is 47.8. The maximum atomic E-state index is 13.7. The number of hydrogen-bond donors (Lipinski definition) is 0. The van der Waals surface area contributed by atoms with Crippen molar-refractivity contribution in [1.82, 2.24) is 0 Å². The summed E-state index contributed by atoms with van der Waals surface area (Å²) in [5, 5.41) is 0. The zero-order chi connectivity index (χ0) is 42.8. The molecule has 0 saturated carbocycles. The molecule has 0 N–H and O–H groups in total. The zero-order valence-corrected chi connectivity index (χ0v) is 38.4. The van der Waals surface area contributed by atoms with Gasteiger partial charge in [0.15, 0.2) is 10.9 Å². The summed E-state index contributed by atoms with van der Waals surface area (Å²) in [6, 6.07) is 10.9. The second-order valence-electron chi connectivity index (χ2n) is 17.1. The van der Waals surface area contributed by atoms with Gasteiger partial charge in [0.25, 0.3) is 0 Å². The van der Waals surface area contributed by atoms with E-state index in [-0.39, 0.29) is 47.4 Å². The third-order valence-electron chi connectivity index (χ3n) is 11.3. The van der Waals surface area contributed by atoms with Gasteiger partial charge in [-0.1, -0.05) is 97.6 Å². The number of allylic oxidation sites excluding steroid dienone is 1. The van der Waals surface area contributed by atoms with Gasteiger partial charge in [-0.05, 0) is 58.2 Å². The van der Waals surface area contributed by atoms with Crippen molar-refractivity contribution in [2.24, 2.45) is 5.92 Å². The maximum Gasteiger partial charge on any atom is 0.303 e.